The van der Waals surface area contributed by atoms with E-state index in [2.05, 4.69) is 13.4 Å². The summed E-state index contributed by atoms with van der Waals surface area (Å²) in [5.74, 6) is 0. The fraction of sp³-hybridized carbons (Fsp3) is 0.545. The lowest BCUT2D eigenvalue weighted by atomic mass is 10.00. The minimum Gasteiger partial charge on any atom is -0.387 e. The van der Waals surface area contributed by atoms with Crippen molar-refractivity contribution in [3.8, 4) is 0 Å². The maximum Gasteiger partial charge on any atom is 0.483 e. The lowest BCUT2D eigenvalue weighted by Gasteiger charge is -2.40. The molecule has 3 heterocycles. The number of ether oxygens (including phenoxy) is 2. The topological polar surface area (TPSA) is 320 Å². The number of aliphatic hydroxyl groups excluding tert-OH is 5. The van der Waals surface area contributed by atoms with E-state index in [1.165, 1.54) is 24.3 Å². The molecule has 0 spiro atoms. The largest absolute Gasteiger partial charge is 0.483 e. The summed E-state index contributed by atoms with van der Waals surface area (Å²) >= 11 is 0. The van der Waals surface area contributed by atoms with Gasteiger partial charge >= 0.3 is 21.3 Å². The number of rotatable bonds is 12. The summed E-state index contributed by atoms with van der Waals surface area (Å²) in [5, 5.41) is 51.1. The molecule has 258 valence electrons. The van der Waals surface area contributed by atoms with Crippen LogP contribution < -0.4 is 11.2 Å². The molecule has 2 aromatic rings. The molecule has 46 heavy (non-hydrogen) atoms. The number of aryl methyl sites for hydroxylation is 1. The normalized spacial score (nSPS) is 32.9. The maximum atomic E-state index is 12.5. The van der Waals surface area contributed by atoms with E-state index in [4.69, 9.17) is 13.7 Å². The molecule has 0 amide bonds. The Morgan fingerprint density at radius 2 is 1.46 bits per heavy atom. The number of nitrogens with zero attached hydrogens (tertiary/aromatic N) is 1. The average Bonchev–Trinajstić information content (AvgIpc) is 3.24. The standard InChI is InChI=1S/C22H30N2O19P2S/c1-10-2-4-11(5-3-10)46(36,37)39-9-13-15(26)17(28)19(30)21(41-13)42-45(34,35)43-44(32,33)38-8-12-16(27)18(29)20(40-12)24-7-6-14(25)23-22(24)31/h2-7,12-13,15-21,26-30H,8-9H2,1H3,(H,32,33)(H,34,35)(H,23,25,31)/t12?,13?,15-,16+,17?,18+,19-,20?,21+/m0/s1. The monoisotopic (exact) mass is 720 g/mol. The van der Waals surface area contributed by atoms with Gasteiger partial charge in [0.05, 0.1) is 18.1 Å². The van der Waals surface area contributed by atoms with E-state index in [1.807, 2.05) is 4.98 Å². The smallest absolute Gasteiger partial charge is 0.387 e. The Bertz CT molecular complexity index is 1700. The van der Waals surface area contributed by atoms with Gasteiger partial charge in [-0.2, -0.15) is 12.7 Å². The highest BCUT2D eigenvalue weighted by Crippen LogP contribution is 2.61. The van der Waals surface area contributed by atoms with Gasteiger partial charge in [0.2, 0.25) is 0 Å². The van der Waals surface area contributed by atoms with Gasteiger partial charge in [-0.15, -0.1) is 0 Å². The highest BCUT2D eigenvalue weighted by Gasteiger charge is 2.50. The van der Waals surface area contributed by atoms with Gasteiger partial charge < -0.3 is 44.8 Å². The molecule has 2 fully saturated rings. The van der Waals surface area contributed by atoms with Crippen molar-refractivity contribution in [3.63, 3.8) is 0 Å². The molecule has 4 rings (SSSR count). The van der Waals surface area contributed by atoms with Crippen molar-refractivity contribution >= 4 is 25.8 Å². The third-order valence-corrected chi connectivity index (χ3v) is 10.6. The SMILES string of the molecule is Cc1ccc(S(=O)(=O)OCC2O[C@H](OP(=O)(O)OP(=O)(O)OCC3OC(n4ccc(=O)[nH]c4=O)[C@H](O)[C@@H]3O)[C@@H](O)C(O)[C@H]2O)cc1. The van der Waals surface area contributed by atoms with Gasteiger partial charge in [-0.25, -0.2) is 13.9 Å². The van der Waals surface area contributed by atoms with Crippen LogP contribution in [0.4, 0.5) is 0 Å². The summed E-state index contributed by atoms with van der Waals surface area (Å²) in [7, 11) is -15.8. The van der Waals surface area contributed by atoms with Crippen molar-refractivity contribution in [2.45, 2.75) is 67.1 Å². The van der Waals surface area contributed by atoms with Crippen molar-refractivity contribution in [2.75, 3.05) is 13.2 Å². The number of phosphoric acid groups is 2. The summed E-state index contributed by atoms with van der Waals surface area (Å²) < 4.78 is 79.1. The summed E-state index contributed by atoms with van der Waals surface area (Å²) in [6, 6.07) is 6.34. The Labute approximate surface area is 258 Å². The first kappa shape index (κ1) is 36.6. The van der Waals surface area contributed by atoms with Crippen molar-refractivity contribution in [3.05, 3.63) is 62.9 Å². The minimum atomic E-state index is -5.76. The molecule has 0 aliphatic carbocycles. The third-order valence-electron chi connectivity index (χ3n) is 6.67. The Hall–Kier alpha value is -2.21. The van der Waals surface area contributed by atoms with E-state index in [0.29, 0.717) is 4.57 Å². The number of hydrogen-bond acceptors (Lipinski definition) is 17. The fourth-order valence-corrected chi connectivity index (χ4v) is 7.34. The van der Waals surface area contributed by atoms with Crippen molar-refractivity contribution in [1.82, 2.24) is 9.55 Å². The number of phosphoric ester groups is 2. The Morgan fingerprint density at radius 3 is 2.09 bits per heavy atom. The van der Waals surface area contributed by atoms with Crippen LogP contribution in [0.3, 0.4) is 0 Å². The van der Waals surface area contributed by atoms with Crippen LogP contribution in [-0.2, 0) is 46.3 Å². The third kappa shape index (κ3) is 8.62. The van der Waals surface area contributed by atoms with Crippen molar-refractivity contribution < 1.29 is 79.9 Å². The van der Waals surface area contributed by atoms with Crippen LogP contribution in [0, 0.1) is 6.92 Å². The lowest BCUT2D eigenvalue weighted by molar-refractivity contribution is -0.279. The van der Waals surface area contributed by atoms with E-state index in [9.17, 15) is 62.5 Å². The van der Waals surface area contributed by atoms with Crippen molar-refractivity contribution in [1.29, 1.82) is 0 Å². The quantitative estimate of drug-likeness (QED) is 0.0796. The summed E-state index contributed by atoms with van der Waals surface area (Å²) in [5.41, 5.74) is -1.05. The molecule has 11 atom stereocenters. The number of aliphatic hydroxyl groups is 5. The van der Waals surface area contributed by atoms with Gasteiger partial charge in [-0.1, -0.05) is 17.7 Å². The summed E-state index contributed by atoms with van der Waals surface area (Å²) in [4.78, 5) is 44.9. The predicted octanol–water partition coefficient (Wildman–Crippen LogP) is -3.07. The van der Waals surface area contributed by atoms with Crippen LogP contribution in [0.15, 0.2) is 51.0 Å². The molecular weight excluding hydrogens is 690 g/mol. The van der Waals surface area contributed by atoms with Gasteiger partial charge in [0.1, 0.15) is 42.7 Å². The van der Waals surface area contributed by atoms with Crippen LogP contribution >= 0.6 is 15.6 Å². The molecule has 0 saturated carbocycles. The first-order valence-electron chi connectivity index (χ1n) is 13.0. The highest BCUT2D eigenvalue weighted by molar-refractivity contribution is 7.86. The maximum absolute atomic E-state index is 12.5. The zero-order valence-electron chi connectivity index (χ0n) is 23.4. The number of hydrogen-bond donors (Lipinski definition) is 8. The van der Waals surface area contributed by atoms with Crippen LogP contribution in [0.5, 0.6) is 0 Å². The van der Waals surface area contributed by atoms with Gasteiger partial charge in [0.15, 0.2) is 12.5 Å². The molecular formula is C22H30N2O19P2S. The molecule has 6 unspecified atom stereocenters. The van der Waals surface area contributed by atoms with Crippen molar-refractivity contribution in [2.24, 2.45) is 0 Å². The Balaban J connectivity index is 1.36. The first-order valence-corrected chi connectivity index (χ1v) is 17.4. The summed E-state index contributed by atoms with van der Waals surface area (Å²) in [6.07, 6.45) is -16.5. The molecule has 1 aromatic carbocycles. The van der Waals surface area contributed by atoms with E-state index < -0.39 is 105 Å². The average molecular weight is 720 g/mol. The predicted molar refractivity (Wildman–Crippen MR) is 146 cm³/mol. The number of nitrogens with one attached hydrogen (secondary N) is 1. The van der Waals surface area contributed by atoms with Crippen LogP contribution in [-0.4, -0.2) is 116 Å². The number of aromatic nitrogens is 2. The van der Waals surface area contributed by atoms with Gasteiger partial charge in [0.25, 0.3) is 15.7 Å². The zero-order chi connectivity index (χ0) is 34.2. The molecule has 1 aromatic heterocycles. The van der Waals surface area contributed by atoms with E-state index in [-0.39, 0.29) is 4.90 Å². The molecule has 21 nitrogen and oxygen atoms in total. The number of benzene rings is 1. The molecule has 8 N–H and O–H groups in total. The molecule has 0 radical (unpaired) electrons. The fourth-order valence-electron chi connectivity index (χ4n) is 4.27. The molecule has 24 heteroatoms. The summed E-state index contributed by atoms with van der Waals surface area (Å²) in [6.45, 7) is -0.359. The second kappa shape index (κ2) is 14.1. The highest BCUT2D eigenvalue weighted by atomic mass is 32.2. The molecule has 2 aliphatic rings. The van der Waals surface area contributed by atoms with Gasteiger partial charge in [-0.05, 0) is 19.1 Å². The van der Waals surface area contributed by atoms with Crippen LogP contribution in [0.25, 0.3) is 0 Å². The first-order chi connectivity index (χ1) is 21.3. The minimum absolute atomic E-state index is 0.269. The lowest BCUT2D eigenvalue weighted by Crippen LogP contribution is -2.59. The van der Waals surface area contributed by atoms with Gasteiger partial charge in [-0.3, -0.25) is 27.6 Å². The molecule has 2 aliphatic heterocycles. The molecule has 0 bridgehead atoms. The van der Waals surface area contributed by atoms with Crippen LogP contribution in [0.2, 0.25) is 0 Å². The van der Waals surface area contributed by atoms with E-state index >= 15 is 0 Å². The number of H-pyrrole nitrogens is 1. The van der Waals surface area contributed by atoms with E-state index in [1.54, 1.807) is 6.92 Å². The zero-order valence-corrected chi connectivity index (χ0v) is 26.0. The second-order valence-electron chi connectivity index (χ2n) is 10.1. The van der Waals surface area contributed by atoms with Gasteiger partial charge in [0, 0.05) is 12.3 Å². The Morgan fingerprint density at radius 1 is 0.848 bits per heavy atom. The van der Waals surface area contributed by atoms with E-state index in [0.717, 1.165) is 17.8 Å². The van der Waals surface area contributed by atoms with Crippen LogP contribution in [0.1, 0.15) is 11.8 Å². The Kier molecular flexibility index (Phi) is 11.2. The molecule has 2 saturated heterocycles. The second-order valence-corrected chi connectivity index (χ2v) is 14.7. The number of aromatic amines is 1.